The van der Waals surface area contributed by atoms with E-state index in [1.165, 1.54) is 12.1 Å². The van der Waals surface area contributed by atoms with Gasteiger partial charge in [0.2, 0.25) is 0 Å². The Morgan fingerprint density at radius 2 is 1.76 bits per heavy atom. The van der Waals surface area contributed by atoms with Crippen LogP contribution in [0.4, 0.5) is 4.39 Å². The Morgan fingerprint density at radius 1 is 1.05 bits per heavy atom. The monoisotopic (exact) mass is 338 g/mol. The molecule has 0 aromatic heterocycles. The van der Waals surface area contributed by atoms with Crippen LogP contribution in [0.3, 0.4) is 0 Å². The van der Waals surface area contributed by atoms with E-state index in [2.05, 4.69) is 0 Å². The van der Waals surface area contributed by atoms with Crippen LogP contribution in [0.15, 0.2) is 71.0 Å². The third-order valence-electron chi connectivity index (χ3n) is 2.61. The highest BCUT2D eigenvalue weighted by molar-refractivity contribution is 8.77. The Kier molecular flexibility index (Phi) is 7.23. The van der Waals surface area contributed by atoms with Gasteiger partial charge in [0, 0.05) is 5.75 Å². The van der Waals surface area contributed by atoms with Crippen LogP contribution in [-0.2, 0) is 16.9 Å². The Labute approximate surface area is 135 Å². The van der Waals surface area contributed by atoms with E-state index in [-0.39, 0.29) is 5.82 Å². The fraction of sp³-hybridized carbons (Fsp3) is 0.125. The van der Waals surface area contributed by atoms with Crippen LogP contribution >= 0.6 is 21.6 Å². The van der Waals surface area contributed by atoms with Gasteiger partial charge in [0.05, 0.1) is 0 Å². The first-order valence-corrected chi connectivity index (χ1v) is 10.1. The molecule has 2 rings (SSSR count). The molecule has 0 radical (unpaired) electrons. The summed E-state index contributed by atoms with van der Waals surface area (Å²) in [6.07, 6.45) is 1.92. The predicted molar refractivity (Wildman–Crippen MR) is 92.1 cm³/mol. The Hall–Kier alpha value is -0.880. The van der Waals surface area contributed by atoms with Gasteiger partial charge in [-0.3, -0.25) is 0 Å². The number of benzene rings is 2. The maximum Gasteiger partial charge on any atom is 0.152 e. The van der Waals surface area contributed by atoms with Crippen molar-refractivity contribution < 1.29 is 8.94 Å². The van der Waals surface area contributed by atoms with Gasteiger partial charge in [-0.15, -0.1) is 0 Å². The van der Waals surface area contributed by atoms with Crippen LogP contribution in [0.2, 0.25) is 0 Å². The van der Waals surface area contributed by atoms with Crippen LogP contribution in [0.5, 0.6) is 0 Å². The number of rotatable bonds is 7. The minimum Gasteiger partial charge on any atom is -0.611 e. The summed E-state index contributed by atoms with van der Waals surface area (Å²) in [4.78, 5) is 0.853. The molecule has 21 heavy (non-hydrogen) atoms. The van der Waals surface area contributed by atoms with Crippen LogP contribution in [0.1, 0.15) is 5.56 Å². The van der Waals surface area contributed by atoms with Crippen LogP contribution in [0, 0.1) is 5.82 Å². The standard InChI is InChI=1S/C16H15FOS3/c17-15-9-7-14(8-10-15)13-20-19-11-4-12-21(18)16-5-2-1-3-6-16/h1-11H,12-13H2. The molecule has 2 aromatic carbocycles. The van der Waals surface area contributed by atoms with Crippen molar-refractivity contribution in [2.24, 2.45) is 0 Å². The molecule has 5 heteroatoms. The molecule has 0 aliphatic carbocycles. The zero-order valence-electron chi connectivity index (χ0n) is 11.3. The lowest BCUT2D eigenvalue weighted by atomic mass is 10.2. The highest BCUT2D eigenvalue weighted by atomic mass is 33.1. The van der Waals surface area contributed by atoms with Crippen LogP contribution in [-0.4, -0.2) is 10.3 Å². The van der Waals surface area contributed by atoms with Gasteiger partial charge in [0.1, 0.15) is 11.6 Å². The fourth-order valence-electron chi connectivity index (χ4n) is 1.56. The molecule has 0 aliphatic rings. The zero-order chi connectivity index (χ0) is 14.9. The predicted octanol–water partition coefficient (Wildman–Crippen LogP) is 5.03. The summed E-state index contributed by atoms with van der Waals surface area (Å²) in [6.45, 7) is 0. The SMILES string of the molecule is [O-][S+](CC=CSSCc1ccc(F)cc1)c1ccccc1. The van der Waals surface area contributed by atoms with Gasteiger partial charge in [0.15, 0.2) is 4.90 Å². The first kappa shape index (κ1) is 16.5. The summed E-state index contributed by atoms with van der Waals surface area (Å²) in [6, 6.07) is 16.0. The van der Waals surface area contributed by atoms with Gasteiger partial charge in [-0.1, -0.05) is 51.9 Å². The molecule has 1 nitrogen and oxygen atoms in total. The summed E-state index contributed by atoms with van der Waals surface area (Å²) in [5, 5.41) is 1.95. The second-order valence-electron chi connectivity index (χ2n) is 4.18. The third-order valence-corrected chi connectivity index (χ3v) is 5.89. The molecule has 110 valence electrons. The van der Waals surface area contributed by atoms with Gasteiger partial charge in [-0.25, -0.2) is 4.39 Å². The van der Waals surface area contributed by atoms with Crippen LogP contribution < -0.4 is 0 Å². The molecular formula is C16H15FOS3. The van der Waals surface area contributed by atoms with Crippen molar-refractivity contribution >= 4 is 32.8 Å². The van der Waals surface area contributed by atoms with Crippen molar-refractivity contribution in [1.29, 1.82) is 0 Å². The number of hydrogen-bond donors (Lipinski definition) is 0. The molecule has 0 spiro atoms. The molecule has 0 bridgehead atoms. The minimum absolute atomic E-state index is 0.209. The summed E-state index contributed by atoms with van der Waals surface area (Å²) in [5.74, 6) is 1.13. The number of halogens is 1. The van der Waals surface area contributed by atoms with Crippen LogP contribution in [0.25, 0.3) is 0 Å². The molecule has 1 unspecified atom stereocenters. The van der Waals surface area contributed by atoms with Crippen molar-refractivity contribution in [3.05, 3.63) is 77.5 Å². The average molecular weight is 338 g/mol. The quantitative estimate of drug-likeness (QED) is 0.402. The lowest BCUT2D eigenvalue weighted by Gasteiger charge is -2.06. The molecule has 0 fully saturated rings. The zero-order valence-corrected chi connectivity index (χ0v) is 13.7. The first-order chi connectivity index (χ1) is 10.3. The third kappa shape index (κ3) is 6.18. The maximum absolute atomic E-state index is 12.7. The molecular weight excluding hydrogens is 323 g/mol. The highest BCUT2D eigenvalue weighted by Crippen LogP contribution is 2.27. The van der Waals surface area contributed by atoms with Crippen molar-refractivity contribution in [3.8, 4) is 0 Å². The van der Waals surface area contributed by atoms with Gasteiger partial charge in [0.25, 0.3) is 0 Å². The fourth-order valence-corrected chi connectivity index (χ4v) is 4.34. The normalized spacial score (nSPS) is 12.7. The van der Waals surface area contributed by atoms with Crippen molar-refractivity contribution in [1.82, 2.24) is 0 Å². The van der Waals surface area contributed by atoms with Gasteiger partial charge in [-0.2, -0.15) is 0 Å². The molecule has 1 atom stereocenters. The second-order valence-corrected chi connectivity index (χ2v) is 7.95. The van der Waals surface area contributed by atoms with E-state index in [4.69, 9.17) is 0 Å². The van der Waals surface area contributed by atoms with E-state index in [0.29, 0.717) is 5.75 Å². The molecule has 0 amide bonds. The molecule has 0 saturated carbocycles. The Bertz CT molecular complexity index is 557. The Morgan fingerprint density at radius 3 is 2.48 bits per heavy atom. The van der Waals surface area contributed by atoms with Gasteiger partial charge < -0.3 is 4.55 Å². The molecule has 2 aromatic rings. The number of hydrogen-bond acceptors (Lipinski definition) is 3. The van der Waals surface area contributed by atoms with E-state index in [0.717, 1.165) is 16.2 Å². The second kappa shape index (κ2) is 9.20. The molecule has 0 heterocycles. The first-order valence-electron chi connectivity index (χ1n) is 6.37. The summed E-state index contributed by atoms with van der Waals surface area (Å²) >= 11 is -0.979. The van der Waals surface area contributed by atoms with Crippen molar-refractivity contribution in [3.63, 3.8) is 0 Å². The Balaban J connectivity index is 1.65. The van der Waals surface area contributed by atoms with Gasteiger partial charge in [-0.05, 0) is 52.5 Å². The smallest absolute Gasteiger partial charge is 0.152 e. The maximum atomic E-state index is 12.7. The minimum atomic E-state index is -0.979. The van der Waals surface area contributed by atoms with Gasteiger partial charge >= 0.3 is 0 Å². The lowest BCUT2D eigenvalue weighted by molar-refractivity contribution is 0.598. The van der Waals surface area contributed by atoms with Crippen molar-refractivity contribution in [2.75, 3.05) is 5.75 Å². The summed E-state index contributed by atoms with van der Waals surface area (Å²) in [7, 11) is 3.27. The largest absolute Gasteiger partial charge is 0.611 e. The van der Waals surface area contributed by atoms with E-state index in [1.807, 2.05) is 41.8 Å². The summed E-state index contributed by atoms with van der Waals surface area (Å²) < 4.78 is 24.7. The van der Waals surface area contributed by atoms with E-state index in [9.17, 15) is 8.94 Å². The highest BCUT2D eigenvalue weighted by Gasteiger charge is 2.06. The molecule has 0 aliphatic heterocycles. The van der Waals surface area contributed by atoms with Crippen molar-refractivity contribution in [2.45, 2.75) is 10.6 Å². The van der Waals surface area contributed by atoms with E-state index < -0.39 is 11.2 Å². The van der Waals surface area contributed by atoms with E-state index >= 15 is 0 Å². The molecule has 0 N–H and O–H groups in total. The topological polar surface area (TPSA) is 23.1 Å². The average Bonchev–Trinajstić information content (AvgIpc) is 2.53. The molecule has 0 saturated heterocycles. The lowest BCUT2D eigenvalue weighted by Crippen LogP contribution is -2.03. The summed E-state index contributed by atoms with van der Waals surface area (Å²) in [5.41, 5.74) is 1.09. The van der Waals surface area contributed by atoms with E-state index in [1.54, 1.807) is 33.7 Å².